The predicted octanol–water partition coefficient (Wildman–Crippen LogP) is 0.148. The van der Waals surface area contributed by atoms with E-state index < -0.39 is 9.84 Å². The Morgan fingerprint density at radius 3 is 3.00 bits per heavy atom. The Kier molecular flexibility index (Phi) is 2.55. The summed E-state index contributed by atoms with van der Waals surface area (Å²) in [5.41, 5.74) is 2.03. The Morgan fingerprint density at radius 1 is 1.44 bits per heavy atom. The van der Waals surface area contributed by atoms with E-state index in [9.17, 15) is 8.42 Å². The molecule has 1 saturated heterocycles. The molecule has 1 atom stereocenters. The number of fused-ring (bicyclic) bond motifs is 3. The smallest absolute Gasteiger partial charge is 0.154 e. The molecule has 0 radical (unpaired) electrons. The summed E-state index contributed by atoms with van der Waals surface area (Å²) in [6.45, 7) is 3.35. The van der Waals surface area contributed by atoms with Gasteiger partial charge in [0.1, 0.15) is 5.69 Å². The Hall–Kier alpha value is -1.24. The Morgan fingerprint density at radius 2 is 2.22 bits per heavy atom. The van der Waals surface area contributed by atoms with Gasteiger partial charge >= 0.3 is 0 Å². The molecule has 0 spiro atoms. The van der Waals surface area contributed by atoms with Gasteiger partial charge in [0.15, 0.2) is 15.7 Å². The minimum absolute atomic E-state index is 0.0762. The summed E-state index contributed by atoms with van der Waals surface area (Å²) >= 11 is 0. The lowest BCUT2D eigenvalue weighted by Crippen LogP contribution is -2.49. The van der Waals surface area contributed by atoms with Gasteiger partial charge in [-0.3, -0.25) is 4.68 Å². The molecule has 18 heavy (non-hydrogen) atoms. The summed E-state index contributed by atoms with van der Waals surface area (Å²) in [5.74, 6) is 1.54. The van der Waals surface area contributed by atoms with Crippen LogP contribution in [0.15, 0.2) is 0 Å². The second kappa shape index (κ2) is 3.88. The standard InChI is InChI=1S/C11H18N4O2S/c1-8-10-11(14(2)13-8)15-5-6-18(16,17)7-9(15)3-4-12-10/h9,12H,3-7H2,1-2H3. The van der Waals surface area contributed by atoms with Gasteiger partial charge in [0.25, 0.3) is 0 Å². The van der Waals surface area contributed by atoms with Crippen LogP contribution in [0.2, 0.25) is 0 Å². The maximum atomic E-state index is 11.8. The maximum absolute atomic E-state index is 11.8. The van der Waals surface area contributed by atoms with Crippen LogP contribution in [0.3, 0.4) is 0 Å². The number of aryl methyl sites for hydroxylation is 2. The van der Waals surface area contributed by atoms with E-state index in [1.165, 1.54) is 0 Å². The molecule has 2 aliphatic rings. The van der Waals surface area contributed by atoms with Crippen LogP contribution in [0.5, 0.6) is 0 Å². The Labute approximate surface area is 107 Å². The van der Waals surface area contributed by atoms with Crippen LogP contribution in [-0.2, 0) is 16.9 Å². The van der Waals surface area contributed by atoms with E-state index in [0.29, 0.717) is 6.54 Å². The zero-order valence-electron chi connectivity index (χ0n) is 10.7. The van der Waals surface area contributed by atoms with Gasteiger partial charge in [0.2, 0.25) is 0 Å². The summed E-state index contributed by atoms with van der Waals surface area (Å²) in [6, 6.07) is 0.0762. The minimum Gasteiger partial charge on any atom is -0.380 e. The summed E-state index contributed by atoms with van der Waals surface area (Å²) in [5, 5.41) is 7.80. The van der Waals surface area contributed by atoms with Crippen molar-refractivity contribution >= 4 is 21.3 Å². The third-order valence-corrected chi connectivity index (χ3v) is 5.47. The lowest BCUT2D eigenvalue weighted by Gasteiger charge is -2.35. The van der Waals surface area contributed by atoms with Crippen molar-refractivity contribution in [3.05, 3.63) is 5.69 Å². The molecule has 100 valence electrons. The molecule has 3 rings (SSSR count). The highest BCUT2D eigenvalue weighted by atomic mass is 32.2. The fourth-order valence-corrected chi connectivity index (χ4v) is 4.53. The molecule has 6 nitrogen and oxygen atoms in total. The lowest BCUT2D eigenvalue weighted by molar-refractivity contribution is 0.541. The molecular weight excluding hydrogens is 252 g/mol. The second-order valence-corrected chi connectivity index (χ2v) is 7.31. The minimum atomic E-state index is -2.88. The number of aromatic nitrogens is 2. The van der Waals surface area contributed by atoms with Gasteiger partial charge in [-0.1, -0.05) is 0 Å². The fraction of sp³-hybridized carbons (Fsp3) is 0.727. The average Bonchev–Trinajstić information content (AvgIpc) is 2.47. The van der Waals surface area contributed by atoms with Crippen molar-refractivity contribution < 1.29 is 8.42 Å². The number of nitrogens with zero attached hydrogens (tertiary/aromatic N) is 3. The largest absolute Gasteiger partial charge is 0.380 e. The van der Waals surface area contributed by atoms with E-state index in [0.717, 1.165) is 30.2 Å². The number of hydrogen-bond donors (Lipinski definition) is 1. The average molecular weight is 270 g/mol. The molecule has 2 aliphatic heterocycles. The number of rotatable bonds is 0. The summed E-state index contributed by atoms with van der Waals surface area (Å²) < 4.78 is 25.4. The van der Waals surface area contributed by atoms with Crippen LogP contribution in [0, 0.1) is 6.92 Å². The molecular formula is C11H18N4O2S. The molecule has 1 unspecified atom stereocenters. The third kappa shape index (κ3) is 1.77. The van der Waals surface area contributed by atoms with Crippen LogP contribution < -0.4 is 10.2 Å². The summed E-state index contributed by atoms with van der Waals surface area (Å²) in [7, 11) is -0.961. The van der Waals surface area contributed by atoms with E-state index in [4.69, 9.17) is 0 Å². The highest BCUT2D eigenvalue weighted by Crippen LogP contribution is 2.34. The first kappa shape index (κ1) is 11.8. The molecule has 1 aromatic heterocycles. The Balaban J connectivity index is 2.05. The second-order valence-electron chi connectivity index (χ2n) is 5.08. The van der Waals surface area contributed by atoms with Gasteiger partial charge in [-0.15, -0.1) is 0 Å². The first-order chi connectivity index (χ1) is 8.48. The van der Waals surface area contributed by atoms with Crippen LogP contribution in [-0.4, -0.2) is 48.8 Å². The highest BCUT2D eigenvalue weighted by Gasteiger charge is 2.35. The van der Waals surface area contributed by atoms with Crippen LogP contribution >= 0.6 is 0 Å². The summed E-state index contributed by atoms with van der Waals surface area (Å²) in [6.07, 6.45) is 0.855. The fourth-order valence-electron chi connectivity index (χ4n) is 2.95. The van der Waals surface area contributed by atoms with Crippen LogP contribution in [0.4, 0.5) is 11.5 Å². The molecule has 0 amide bonds. The molecule has 7 heteroatoms. The molecule has 3 heterocycles. The molecule has 1 fully saturated rings. The normalized spacial score (nSPS) is 25.9. The van der Waals surface area contributed by atoms with Gasteiger partial charge < -0.3 is 10.2 Å². The van der Waals surface area contributed by atoms with Gasteiger partial charge in [-0.25, -0.2) is 8.42 Å². The van der Waals surface area contributed by atoms with Gasteiger partial charge in [-0.2, -0.15) is 5.10 Å². The number of anilines is 2. The van der Waals surface area contributed by atoms with Crippen molar-refractivity contribution in [3.8, 4) is 0 Å². The topological polar surface area (TPSA) is 67.2 Å². The van der Waals surface area contributed by atoms with Gasteiger partial charge in [-0.05, 0) is 13.3 Å². The van der Waals surface area contributed by atoms with E-state index in [2.05, 4.69) is 15.3 Å². The molecule has 0 aliphatic carbocycles. The summed E-state index contributed by atoms with van der Waals surface area (Å²) in [4.78, 5) is 2.20. The highest BCUT2D eigenvalue weighted by molar-refractivity contribution is 7.91. The number of nitrogens with one attached hydrogen (secondary N) is 1. The zero-order chi connectivity index (χ0) is 12.9. The monoisotopic (exact) mass is 270 g/mol. The van der Waals surface area contributed by atoms with Crippen LogP contribution in [0.1, 0.15) is 12.1 Å². The quantitative estimate of drug-likeness (QED) is 0.727. The van der Waals surface area contributed by atoms with Gasteiger partial charge in [0.05, 0.1) is 17.2 Å². The number of sulfone groups is 1. The maximum Gasteiger partial charge on any atom is 0.154 e. The number of hydrogen-bond acceptors (Lipinski definition) is 5. The van der Waals surface area contributed by atoms with Crippen molar-refractivity contribution in [2.24, 2.45) is 7.05 Å². The van der Waals surface area contributed by atoms with Crippen molar-refractivity contribution in [2.45, 2.75) is 19.4 Å². The van der Waals surface area contributed by atoms with E-state index >= 15 is 0 Å². The molecule has 0 saturated carbocycles. The Bertz CT molecular complexity index is 578. The van der Waals surface area contributed by atoms with E-state index in [1.54, 1.807) is 0 Å². The van der Waals surface area contributed by atoms with E-state index in [1.807, 2.05) is 18.7 Å². The first-order valence-electron chi connectivity index (χ1n) is 6.22. The SMILES string of the molecule is Cc1nn(C)c2c1NCCC1CS(=O)(=O)CCN21. The van der Waals surface area contributed by atoms with Crippen molar-refractivity contribution in [1.29, 1.82) is 0 Å². The molecule has 1 N–H and O–H groups in total. The zero-order valence-corrected chi connectivity index (χ0v) is 11.5. The lowest BCUT2D eigenvalue weighted by atomic mass is 10.2. The molecule has 0 bridgehead atoms. The van der Waals surface area contributed by atoms with Crippen molar-refractivity contribution in [3.63, 3.8) is 0 Å². The predicted molar refractivity (Wildman–Crippen MR) is 70.8 cm³/mol. The van der Waals surface area contributed by atoms with E-state index in [-0.39, 0.29) is 17.5 Å². The first-order valence-corrected chi connectivity index (χ1v) is 8.04. The van der Waals surface area contributed by atoms with Gasteiger partial charge in [0, 0.05) is 26.2 Å². The van der Waals surface area contributed by atoms with Crippen LogP contribution in [0.25, 0.3) is 0 Å². The third-order valence-electron chi connectivity index (χ3n) is 3.77. The van der Waals surface area contributed by atoms with Crippen molar-refractivity contribution in [2.75, 3.05) is 34.8 Å². The molecule has 0 aromatic carbocycles. The van der Waals surface area contributed by atoms with Crippen molar-refractivity contribution in [1.82, 2.24) is 9.78 Å². The molecule has 1 aromatic rings.